The van der Waals surface area contributed by atoms with Gasteiger partial charge in [0, 0.05) is 6.07 Å². The predicted molar refractivity (Wildman–Crippen MR) is 66.5 cm³/mol. The Balaban J connectivity index is 1.99. The van der Waals surface area contributed by atoms with E-state index in [1.807, 2.05) is 0 Å². The Morgan fingerprint density at radius 1 is 1.56 bits per heavy atom. The van der Waals surface area contributed by atoms with Gasteiger partial charge >= 0.3 is 5.97 Å². The quantitative estimate of drug-likeness (QED) is 0.623. The fourth-order valence-electron chi connectivity index (χ4n) is 1.53. The van der Waals surface area contributed by atoms with Crippen molar-refractivity contribution in [1.82, 2.24) is 0 Å². The summed E-state index contributed by atoms with van der Waals surface area (Å²) in [5.41, 5.74) is 0.561. The smallest absolute Gasteiger partial charge is 0.322 e. The third-order valence-corrected chi connectivity index (χ3v) is 3.10. The first-order valence-corrected chi connectivity index (χ1v) is 6.18. The van der Waals surface area contributed by atoms with Gasteiger partial charge in [-0.15, -0.1) is 0 Å². The van der Waals surface area contributed by atoms with Crippen LogP contribution in [0.2, 0.25) is 0 Å². The van der Waals surface area contributed by atoms with Crippen LogP contribution in [0.15, 0.2) is 18.2 Å². The zero-order valence-electron chi connectivity index (χ0n) is 9.64. The SMILES string of the molecule is COC(=O)C(Br)COc1ccc2c(c1)OCC2=O. The van der Waals surface area contributed by atoms with E-state index in [1.54, 1.807) is 18.2 Å². The average molecular weight is 315 g/mol. The molecule has 1 aromatic rings. The number of esters is 1. The van der Waals surface area contributed by atoms with Crippen molar-refractivity contribution in [2.45, 2.75) is 4.83 Å². The largest absolute Gasteiger partial charge is 0.492 e. The van der Waals surface area contributed by atoms with Gasteiger partial charge in [-0.25, -0.2) is 0 Å². The lowest BCUT2D eigenvalue weighted by atomic mass is 10.1. The molecule has 18 heavy (non-hydrogen) atoms. The number of hydrogen-bond acceptors (Lipinski definition) is 5. The van der Waals surface area contributed by atoms with Gasteiger partial charge in [-0.3, -0.25) is 9.59 Å². The zero-order valence-corrected chi connectivity index (χ0v) is 11.2. The lowest BCUT2D eigenvalue weighted by molar-refractivity contribution is -0.140. The summed E-state index contributed by atoms with van der Waals surface area (Å²) < 4.78 is 15.2. The number of alkyl halides is 1. The third-order valence-electron chi connectivity index (χ3n) is 2.47. The first-order chi connectivity index (χ1) is 8.61. The highest BCUT2D eigenvalue weighted by atomic mass is 79.9. The van der Waals surface area contributed by atoms with Gasteiger partial charge < -0.3 is 14.2 Å². The molecule has 0 aliphatic carbocycles. The highest BCUT2D eigenvalue weighted by molar-refractivity contribution is 9.10. The third kappa shape index (κ3) is 2.64. The molecule has 0 bridgehead atoms. The molecule has 1 unspecified atom stereocenters. The van der Waals surface area contributed by atoms with Gasteiger partial charge in [-0.2, -0.15) is 0 Å². The van der Waals surface area contributed by atoms with Crippen molar-refractivity contribution in [2.24, 2.45) is 0 Å². The van der Waals surface area contributed by atoms with Crippen molar-refractivity contribution in [3.8, 4) is 11.5 Å². The van der Waals surface area contributed by atoms with Gasteiger partial charge in [-0.1, -0.05) is 15.9 Å². The van der Waals surface area contributed by atoms with E-state index in [0.29, 0.717) is 17.1 Å². The van der Waals surface area contributed by atoms with Crippen LogP contribution in [0.4, 0.5) is 0 Å². The molecule has 1 aromatic carbocycles. The van der Waals surface area contributed by atoms with Crippen molar-refractivity contribution in [3.63, 3.8) is 0 Å². The Hall–Kier alpha value is -1.56. The number of fused-ring (bicyclic) bond motifs is 1. The summed E-state index contributed by atoms with van der Waals surface area (Å²) >= 11 is 3.15. The highest BCUT2D eigenvalue weighted by Gasteiger charge is 2.22. The number of Topliss-reactive ketones (excluding diaryl/α,β-unsaturated/α-hetero) is 1. The van der Waals surface area contributed by atoms with Gasteiger partial charge in [0.25, 0.3) is 0 Å². The predicted octanol–water partition coefficient (Wildman–Crippen LogP) is 1.58. The minimum absolute atomic E-state index is 0.0375. The fourth-order valence-corrected chi connectivity index (χ4v) is 1.85. The number of carbonyl (C=O) groups excluding carboxylic acids is 2. The minimum atomic E-state index is -0.529. The van der Waals surface area contributed by atoms with Crippen LogP contribution in [0, 0.1) is 0 Å². The van der Waals surface area contributed by atoms with Gasteiger partial charge in [0.15, 0.2) is 6.61 Å². The van der Waals surface area contributed by atoms with E-state index in [9.17, 15) is 9.59 Å². The zero-order chi connectivity index (χ0) is 13.1. The number of rotatable bonds is 4. The summed E-state index contributed by atoms with van der Waals surface area (Å²) in [6, 6.07) is 4.96. The Morgan fingerprint density at radius 2 is 2.33 bits per heavy atom. The second-order valence-corrected chi connectivity index (χ2v) is 4.78. The maximum atomic E-state index is 11.3. The summed E-state index contributed by atoms with van der Waals surface area (Å²) in [4.78, 5) is 22.0. The summed E-state index contributed by atoms with van der Waals surface area (Å²) in [6.45, 7) is 0.210. The average Bonchev–Trinajstić information content (AvgIpc) is 2.76. The molecule has 0 aromatic heterocycles. The molecule has 2 rings (SSSR count). The van der Waals surface area contributed by atoms with Crippen molar-refractivity contribution in [2.75, 3.05) is 20.3 Å². The molecule has 0 spiro atoms. The van der Waals surface area contributed by atoms with Crippen molar-refractivity contribution < 1.29 is 23.8 Å². The maximum absolute atomic E-state index is 11.3. The number of ketones is 1. The molecule has 96 valence electrons. The van der Waals surface area contributed by atoms with Crippen LogP contribution < -0.4 is 9.47 Å². The Morgan fingerprint density at radius 3 is 3.06 bits per heavy atom. The number of methoxy groups -OCH3 is 1. The second-order valence-electron chi connectivity index (χ2n) is 3.67. The molecule has 0 N–H and O–H groups in total. The van der Waals surface area contributed by atoms with Crippen LogP contribution in [0.3, 0.4) is 0 Å². The molecule has 1 atom stereocenters. The van der Waals surface area contributed by atoms with Crippen LogP contribution in [-0.2, 0) is 9.53 Å². The first kappa shape index (κ1) is 12.9. The molecule has 6 heteroatoms. The minimum Gasteiger partial charge on any atom is -0.492 e. The van der Waals surface area contributed by atoms with Gasteiger partial charge in [0.2, 0.25) is 5.78 Å². The molecule has 0 saturated heterocycles. The lowest BCUT2D eigenvalue weighted by Crippen LogP contribution is -2.22. The van der Waals surface area contributed by atoms with E-state index < -0.39 is 10.8 Å². The monoisotopic (exact) mass is 314 g/mol. The van der Waals surface area contributed by atoms with Gasteiger partial charge in [0.1, 0.15) is 22.9 Å². The number of benzene rings is 1. The summed E-state index contributed by atoms with van der Waals surface area (Å²) in [7, 11) is 1.31. The van der Waals surface area contributed by atoms with Crippen LogP contribution >= 0.6 is 15.9 Å². The Labute approximate surface area is 112 Å². The summed E-state index contributed by atoms with van der Waals surface area (Å²) in [5.74, 6) is 0.616. The first-order valence-electron chi connectivity index (χ1n) is 5.26. The Bertz CT molecular complexity index is 485. The van der Waals surface area contributed by atoms with E-state index in [1.165, 1.54) is 7.11 Å². The second kappa shape index (κ2) is 5.39. The molecule has 0 saturated carbocycles. The number of halogens is 1. The standard InChI is InChI=1S/C12H11BrO5/c1-16-12(15)9(13)5-17-7-2-3-8-10(14)6-18-11(8)4-7/h2-4,9H,5-6H2,1H3. The van der Waals surface area contributed by atoms with Gasteiger partial charge in [-0.05, 0) is 12.1 Å². The number of ether oxygens (including phenoxy) is 3. The molecule has 0 radical (unpaired) electrons. The Kier molecular flexibility index (Phi) is 3.86. The van der Waals surface area contributed by atoms with Crippen molar-refractivity contribution in [3.05, 3.63) is 23.8 Å². The van der Waals surface area contributed by atoms with Crippen LogP contribution in [0.5, 0.6) is 11.5 Å². The van der Waals surface area contributed by atoms with Crippen LogP contribution in [0.1, 0.15) is 10.4 Å². The van der Waals surface area contributed by atoms with E-state index in [2.05, 4.69) is 20.7 Å². The van der Waals surface area contributed by atoms with E-state index in [0.717, 1.165) is 0 Å². The fraction of sp³-hybridized carbons (Fsp3) is 0.333. The highest BCUT2D eigenvalue weighted by Crippen LogP contribution is 2.29. The molecule has 1 aliphatic rings. The number of hydrogen-bond donors (Lipinski definition) is 0. The van der Waals surface area contributed by atoms with Crippen molar-refractivity contribution >= 4 is 27.7 Å². The molecule has 5 nitrogen and oxygen atoms in total. The number of carbonyl (C=O) groups is 2. The molecule has 0 fully saturated rings. The van der Waals surface area contributed by atoms with Crippen molar-refractivity contribution in [1.29, 1.82) is 0 Å². The summed E-state index contributed by atoms with van der Waals surface area (Å²) in [5, 5.41) is 0. The van der Waals surface area contributed by atoms with Crippen LogP contribution in [-0.4, -0.2) is 36.9 Å². The van der Waals surface area contributed by atoms with Gasteiger partial charge in [0.05, 0.1) is 12.7 Å². The summed E-state index contributed by atoms with van der Waals surface area (Å²) in [6.07, 6.45) is 0. The van der Waals surface area contributed by atoms with E-state index >= 15 is 0 Å². The van der Waals surface area contributed by atoms with E-state index in [-0.39, 0.29) is 19.0 Å². The molecule has 1 aliphatic heterocycles. The molecule has 0 amide bonds. The van der Waals surface area contributed by atoms with E-state index in [4.69, 9.17) is 9.47 Å². The maximum Gasteiger partial charge on any atom is 0.322 e. The molecule has 1 heterocycles. The normalized spacial score (nSPS) is 14.7. The molecular weight excluding hydrogens is 304 g/mol. The molecular formula is C12H11BrO5. The lowest BCUT2D eigenvalue weighted by Gasteiger charge is -2.10. The van der Waals surface area contributed by atoms with Crippen LogP contribution in [0.25, 0.3) is 0 Å². The topological polar surface area (TPSA) is 61.8 Å².